The predicted octanol–water partition coefficient (Wildman–Crippen LogP) is 3.60. The van der Waals surface area contributed by atoms with Crippen LogP contribution in [0.15, 0.2) is 18.2 Å². The lowest BCUT2D eigenvalue weighted by Gasteiger charge is -2.45. The normalized spacial score (nSPS) is 27.2. The number of ether oxygens (including phenoxy) is 1. The zero-order valence-corrected chi connectivity index (χ0v) is 14.8. The van der Waals surface area contributed by atoms with Gasteiger partial charge in [0.1, 0.15) is 11.4 Å². The van der Waals surface area contributed by atoms with E-state index in [0.717, 1.165) is 24.8 Å². The van der Waals surface area contributed by atoms with Crippen molar-refractivity contribution in [3.8, 4) is 5.75 Å². The molecule has 3 nitrogen and oxygen atoms in total. The highest BCUT2D eigenvalue weighted by molar-refractivity contribution is 5.42. The van der Waals surface area contributed by atoms with Gasteiger partial charge in [-0.15, -0.1) is 0 Å². The minimum atomic E-state index is 0.106. The molecule has 0 aromatic heterocycles. The van der Waals surface area contributed by atoms with Crippen LogP contribution in [-0.4, -0.2) is 47.6 Å². The Bertz CT molecular complexity index is 596. The molecule has 0 atom stereocenters. The molecule has 1 aromatic rings. The van der Waals surface area contributed by atoms with Crippen molar-refractivity contribution in [3.63, 3.8) is 0 Å². The molecule has 0 amide bonds. The molecule has 2 saturated heterocycles. The van der Waals surface area contributed by atoms with Gasteiger partial charge >= 0.3 is 0 Å². The van der Waals surface area contributed by atoms with Crippen molar-refractivity contribution in [1.29, 1.82) is 0 Å². The molecule has 0 unspecified atom stereocenters. The molecular weight excluding hydrogens is 296 g/mol. The number of benzene rings is 1. The standard InChI is InChI=1S/C21H30N2O/c1-2-11-22(10-1)16-17-6-7-20-18(14-17)15-21(24-20)8-12-23(13-9-21)19-4-3-5-19/h6-7,14,19H,1-5,8-13,15-16H2. The topological polar surface area (TPSA) is 15.7 Å². The second kappa shape index (κ2) is 6.03. The maximum absolute atomic E-state index is 6.50. The molecule has 3 fully saturated rings. The summed E-state index contributed by atoms with van der Waals surface area (Å²) in [6.45, 7) is 6.14. The van der Waals surface area contributed by atoms with Gasteiger partial charge in [0.25, 0.3) is 0 Å². The predicted molar refractivity (Wildman–Crippen MR) is 96.5 cm³/mol. The molecule has 5 rings (SSSR count). The molecule has 130 valence electrons. The second-order valence-corrected chi connectivity index (χ2v) is 8.51. The maximum Gasteiger partial charge on any atom is 0.123 e. The van der Waals surface area contributed by atoms with Crippen LogP contribution in [0.1, 0.15) is 56.1 Å². The second-order valence-electron chi connectivity index (χ2n) is 8.51. The molecule has 1 aliphatic carbocycles. The van der Waals surface area contributed by atoms with E-state index in [-0.39, 0.29) is 5.60 Å². The van der Waals surface area contributed by atoms with Crippen LogP contribution in [0, 0.1) is 0 Å². The summed E-state index contributed by atoms with van der Waals surface area (Å²) >= 11 is 0. The Balaban J connectivity index is 1.24. The van der Waals surface area contributed by atoms with Crippen LogP contribution < -0.4 is 4.74 Å². The number of nitrogens with zero attached hydrogens (tertiary/aromatic N) is 2. The van der Waals surface area contributed by atoms with Crippen molar-refractivity contribution in [2.75, 3.05) is 26.2 Å². The van der Waals surface area contributed by atoms with Crippen molar-refractivity contribution < 1.29 is 4.74 Å². The van der Waals surface area contributed by atoms with E-state index in [9.17, 15) is 0 Å². The van der Waals surface area contributed by atoms with Crippen LogP contribution in [-0.2, 0) is 13.0 Å². The van der Waals surface area contributed by atoms with Crippen molar-refractivity contribution in [1.82, 2.24) is 9.80 Å². The summed E-state index contributed by atoms with van der Waals surface area (Å²) in [5.41, 5.74) is 3.04. The monoisotopic (exact) mass is 326 g/mol. The molecule has 0 N–H and O–H groups in total. The average Bonchev–Trinajstić information content (AvgIpc) is 3.15. The Kier molecular flexibility index (Phi) is 3.82. The van der Waals surface area contributed by atoms with Gasteiger partial charge in [-0.3, -0.25) is 4.90 Å². The molecule has 1 saturated carbocycles. The number of likely N-dealkylation sites (tertiary alicyclic amines) is 2. The minimum Gasteiger partial charge on any atom is -0.487 e. The minimum absolute atomic E-state index is 0.106. The summed E-state index contributed by atoms with van der Waals surface area (Å²) in [5, 5.41) is 0. The molecule has 3 heteroatoms. The fraction of sp³-hybridized carbons (Fsp3) is 0.714. The van der Waals surface area contributed by atoms with Gasteiger partial charge in [0.05, 0.1) is 0 Å². The van der Waals surface area contributed by atoms with Gasteiger partial charge in [0.15, 0.2) is 0 Å². The molecule has 3 heterocycles. The highest BCUT2D eigenvalue weighted by Crippen LogP contribution is 2.42. The SMILES string of the molecule is c1cc2c(cc1CN1CCCC1)CC1(CCN(C3CCC3)CC1)O2. The molecule has 0 radical (unpaired) electrons. The molecule has 3 aliphatic heterocycles. The quantitative estimate of drug-likeness (QED) is 0.844. The van der Waals surface area contributed by atoms with Gasteiger partial charge in [-0.25, -0.2) is 0 Å². The Labute approximate surface area is 146 Å². The zero-order chi connectivity index (χ0) is 16.0. The first-order chi connectivity index (χ1) is 11.8. The number of hydrogen-bond donors (Lipinski definition) is 0. The Hall–Kier alpha value is -1.06. The van der Waals surface area contributed by atoms with Crippen LogP contribution in [0.4, 0.5) is 0 Å². The van der Waals surface area contributed by atoms with Crippen molar-refractivity contribution >= 4 is 0 Å². The summed E-state index contributed by atoms with van der Waals surface area (Å²) in [6, 6.07) is 7.85. The Morgan fingerprint density at radius 2 is 1.79 bits per heavy atom. The summed E-state index contributed by atoms with van der Waals surface area (Å²) < 4.78 is 6.50. The van der Waals surface area contributed by atoms with Gasteiger partial charge < -0.3 is 9.64 Å². The smallest absolute Gasteiger partial charge is 0.123 e. The number of piperidine rings is 1. The van der Waals surface area contributed by atoms with E-state index in [1.165, 1.54) is 82.3 Å². The molecular formula is C21H30N2O. The van der Waals surface area contributed by atoms with E-state index in [2.05, 4.69) is 28.0 Å². The fourth-order valence-electron chi connectivity index (χ4n) is 5.11. The number of fused-ring (bicyclic) bond motifs is 1. The molecule has 0 bridgehead atoms. The van der Waals surface area contributed by atoms with Gasteiger partial charge in [0, 0.05) is 44.9 Å². The maximum atomic E-state index is 6.50. The highest BCUT2D eigenvalue weighted by atomic mass is 16.5. The van der Waals surface area contributed by atoms with E-state index in [4.69, 9.17) is 4.74 Å². The lowest BCUT2D eigenvalue weighted by Crippen LogP contribution is -2.52. The summed E-state index contributed by atoms with van der Waals surface area (Å²) in [7, 11) is 0. The summed E-state index contributed by atoms with van der Waals surface area (Å²) in [6.07, 6.45) is 10.6. The van der Waals surface area contributed by atoms with E-state index in [1.54, 1.807) is 0 Å². The van der Waals surface area contributed by atoms with Crippen molar-refractivity contribution in [3.05, 3.63) is 29.3 Å². The first-order valence-corrected chi connectivity index (χ1v) is 10.1. The largest absolute Gasteiger partial charge is 0.487 e. The van der Waals surface area contributed by atoms with Crippen molar-refractivity contribution in [2.24, 2.45) is 0 Å². The Morgan fingerprint density at radius 1 is 1.00 bits per heavy atom. The molecule has 4 aliphatic rings. The number of rotatable bonds is 3. The first-order valence-electron chi connectivity index (χ1n) is 10.1. The molecule has 24 heavy (non-hydrogen) atoms. The number of hydrogen-bond acceptors (Lipinski definition) is 3. The summed E-state index contributed by atoms with van der Waals surface area (Å²) in [5.74, 6) is 1.16. The van der Waals surface area contributed by atoms with Gasteiger partial charge in [0.2, 0.25) is 0 Å². The van der Waals surface area contributed by atoms with E-state index < -0.39 is 0 Å². The lowest BCUT2D eigenvalue weighted by molar-refractivity contribution is -0.00746. The fourth-order valence-corrected chi connectivity index (χ4v) is 5.11. The third-order valence-corrected chi connectivity index (χ3v) is 6.87. The van der Waals surface area contributed by atoms with Crippen LogP contribution in [0.3, 0.4) is 0 Å². The lowest BCUT2D eigenvalue weighted by atomic mass is 9.83. The van der Waals surface area contributed by atoms with Gasteiger partial charge in [-0.1, -0.05) is 18.6 Å². The highest BCUT2D eigenvalue weighted by Gasteiger charge is 2.43. The van der Waals surface area contributed by atoms with E-state index >= 15 is 0 Å². The van der Waals surface area contributed by atoms with Gasteiger partial charge in [-0.05, 0) is 56.0 Å². The van der Waals surface area contributed by atoms with Crippen LogP contribution in [0.25, 0.3) is 0 Å². The zero-order valence-electron chi connectivity index (χ0n) is 14.8. The first kappa shape index (κ1) is 15.2. The van der Waals surface area contributed by atoms with E-state index in [0.29, 0.717) is 0 Å². The van der Waals surface area contributed by atoms with Crippen LogP contribution >= 0.6 is 0 Å². The van der Waals surface area contributed by atoms with Gasteiger partial charge in [-0.2, -0.15) is 0 Å². The third kappa shape index (κ3) is 2.76. The average molecular weight is 326 g/mol. The molecule has 1 spiro atoms. The van der Waals surface area contributed by atoms with Crippen LogP contribution in [0.5, 0.6) is 5.75 Å². The third-order valence-electron chi connectivity index (χ3n) is 6.87. The van der Waals surface area contributed by atoms with E-state index in [1.807, 2.05) is 0 Å². The van der Waals surface area contributed by atoms with Crippen molar-refractivity contribution in [2.45, 2.75) is 69.6 Å². The Morgan fingerprint density at radius 3 is 2.50 bits per heavy atom. The molecule has 1 aromatic carbocycles. The summed E-state index contributed by atoms with van der Waals surface area (Å²) in [4.78, 5) is 5.31. The van der Waals surface area contributed by atoms with Crippen LogP contribution in [0.2, 0.25) is 0 Å².